The number of methoxy groups -OCH3 is 1. The first kappa shape index (κ1) is 13.2. The Balaban J connectivity index is 2.21. The van der Waals surface area contributed by atoms with Crippen LogP contribution in [0.1, 0.15) is 12.0 Å². The SMILES string of the molecule is COCCCN1C(=O)COc2ccc(CCl)cc21. The van der Waals surface area contributed by atoms with E-state index in [1.54, 1.807) is 12.0 Å². The highest BCUT2D eigenvalue weighted by Gasteiger charge is 2.25. The molecule has 0 saturated carbocycles. The predicted molar refractivity (Wildman–Crippen MR) is 70.3 cm³/mol. The van der Waals surface area contributed by atoms with E-state index in [1.165, 1.54) is 0 Å². The average molecular weight is 270 g/mol. The number of hydrogen-bond acceptors (Lipinski definition) is 3. The van der Waals surface area contributed by atoms with Crippen molar-refractivity contribution in [3.63, 3.8) is 0 Å². The average Bonchev–Trinajstić information content (AvgIpc) is 2.41. The molecular weight excluding hydrogens is 254 g/mol. The van der Waals surface area contributed by atoms with Crippen LogP contribution < -0.4 is 9.64 Å². The zero-order valence-electron chi connectivity index (χ0n) is 10.3. The highest BCUT2D eigenvalue weighted by Crippen LogP contribution is 2.33. The van der Waals surface area contributed by atoms with Gasteiger partial charge in [-0.1, -0.05) is 6.07 Å². The first-order valence-corrected chi connectivity index (χ1v) is 6.40. The minimum absolute atomic E-state index is 0.0228. The molecule has 1 aromatic rings. The van der Waals surface area contributed by atoms with E-state index in [0.29, 0.717) is 19.0 Å². The molecule has 0 spiro atoms. The summed E-state index contributed by atoms with van der Waals surface area (Å²) in [5.41, 5.74) is 1.78. The van der Waals surface area contributed by atoms with Gasteiger partial charge in [-0.2, -0.15) is 0 Å². The van der Waals surface area contributed by atoms with Gasteiger partial charge in [0.05, 0.1) is 5.69 Å². The first-order valence-electron chi connectivity index (χ1n) is 5.87. The molecule has 1 amide bonds. The van der Waals surface area contributed by atoms with Crippen LogP contribution in [0.15, 0.2) is 18.2 Å². The van der Waals surface area contributed by atoms with Crippen LogP contribution in [0.25, 0.3) is 0 Å². The standard InChI is InChI=1S/C13H16ClNO3/c1-17-6-2-5-15-11-7-10(8-14)3-4-12(11)18-9-13(15)16/h3-4,7H,2,5-6,8-9H2,1H3. The van der Waals surface area contributed by atoms with Crippen molar-refractivity contribution in [3.05, 3.63) is 23.8 Å². The predicted octanol–water partition coefficient (Wildman–Crippen LogP) is 2.19. The Labute approximate surface area is 111 Å². The minimum Gasteiger partial charge on any atom is -0.482 e. The summed E-state index contributed by atoms with van der Waals surface area (Å²) in [7, 11) is 1.65. The molecule has 1 aliphatic heterocycles. The second-order valence-electron chi connectivity index (χ2n) is 4.12. The smallest absolute Gasteiger partial charge is 0.265 e. The summed E-state index contributed by atoms with van der Waals surface area (Å²) in [6, 6.07) is 5.68. The third-order valence-corrected chi connectivity index (χ3v) is 3.16. The summed E-state index contributed by atoms with van der Waals surface area (Å²) in [6.45, 7) is 1.37. The van der Waals surface area contributed by atoms with Crippen LogP contribution in [-0.2, 0) is 15.4 Å². The number of nitrogens with zero attached hydrogens (tertiary/aromatic N) is 1. The van der Waals surface area contributed by atoms with Crippen molar-refractivity contribution in [3.8, 4) is 5.75 Å². The number of fused-ring (bicyclic) bond motifs is 1. The van der Waals surface area contributed by atoms with E-state index in [2.05, 4.69) is 0 Å². The van der Waals surface area contributed by atoms with E-state index in [4.69, 9.17) is 21.1 Å². The fourth-order valence-electron chi connectivity index (χ4n) is 1.94. The number of carbonyl (C=O) groups excluding carboxylic acids is 1. The van der Waals surface area contributed by atoms with Crippen LogP contribution in [0.4, 0.5) is 5.69 Å². The third-order valence-electron chi connectivity index (χ3n) is 2.85. The van der Waals surface area contributed by atoms with Crippen molar-refractivity contribution in [1.82, 2.24) is 0 Å². The lowest BCUT2D eigenvalue weighted by Gasteiger charge is -2.29. The molecule has 1 aliphatic rings. The molecule has 98 valence electrons. The van der Waals surface area contributed by atoms with Gasteiger partial charge in [-0.3, -0.25) is 4.79 Å². The van der Waals surface area contributed by atoms with Crippen LogP contribution in [0.2, 0.25) is 0 Å². The lowest BCUT2D eigenvalue weighted by molar-refractivity contribution is -0.121. The molecule has 18 heavy (non-hydrogen) atoms. The van der Waals surface area contributed by atoms with Gasteiger partial charge in [0.1, 0.15) is 5.75 Å². The number of alkyl halides is 1. The van der Waals surface area contributed by atoms with Gasteiger partial charge in [-0.15, -0.1) is 11.6 Å². The van der Waals surface area contributed by atoms with Crippen LogP contribution in [0.3, 0.4) is 0 Å². The topological polar surface area (TPSA) is 38.8 Å². The fraction of sp³-hybridized carbons (Fsp3) is 0.462. The summed E-state index contributed by atoms with van der Waals surface area (Å²) in [5, 5.41) is 0. The number of benzene rings is 1. The minimum atomic E-state index is -0.0228. The third kappa shape index (κ3) is 2.76. The number of amides is 1. The lowest BCUT2D eigenvalue weighted by Crippen LogP contribution is -2.39. The highest BCUT2D eigenvalue weighted by atomic mass is 35.5. The normalized spacial score (nSPS) is 14.3. The first-order chi connectivity index (χ1) is 8.76. The Morgan fingerprint density at radius 3 is 3.06 bits per heavy atom. The Morgan fingerprint density at radius 1 is 1.50 bits per heavy atom. The van der Waals surface area contributed by atoms with Crippen molar-refractivity contribution in [2.24, 2.45) is 0 Å². The van der Waals surface area contributed by atoms with E-state index in [1.807, 2.05) is 18.2 Å². The van der Waals surface area contributed by atoms with Gasteiger partial charge in [0.2, 0.25) is 0 Å². The molecule has 0 bridgehead atoms. The molecule has 0 radical (unpaired) electrons. The van der Waals surface area contributed by atoms with Gasteiger partial charge in [0.25, 0.3) is 5.91 Å². The molecule has 0 saturated heterocycles. The van der Waals surface area contributed by atoms with E-state index >= 15 is 0 Å². The number of carbonyl (C=O) groups is 1. The largest absolute Gasteiger partial charge is 0.482 e. The van der Waals surface area contributed by atoms with Gasteiger partial charge in [0, 0.05) is 26.1 Å². The molecule has 1 heterocycles. The molecular formula is C13H16ClNO3. The Kier molecular flexibility index (Phi) is 4.44. The second-order valence-corrected chi connectivity index (χ2v) is 4.38. The summed E-state index contributed by atoms with van der Waals surface area (Å²) in [4.78, 5) is 13.6. The number of anilines is 1. The Bertz CT molecular complexity index is 436. The fourth-order valence-corrected chi connectivity index (χ4v) is 2.11. The summed E-state index contributed by atoms with van der Waals surface area (Å²) in [5.74, 6) is 1.14. The quantitative estimate of drug-likeness (QED) is 0.608. The number of ether oxygens (including phenoxy) is 2. The number of rotatable bonds is 5. The van der Waals surface area contributed by atoms with E-state index < -0.39 is 0 Å². The molecule has 0 fully saturated rings. The molecule has 0 aromatic heterocycles. The zero-order chi connectivity index (χ0) is 13.0. The molecule has 1 aromatic carbocycles. The maximum Gasteiger partial charge on any atom is 0.265 e. The van der Waals surface area contributed by atoms with Gasteiger partial charge in [-0.05, 0) is 24.1 Å². The van der Waals surface area contributed by atoms with E-state index in [9.17, 15) is 4.79 Å². The molecule has 0 unspecified atom stereocenters. The molecule has 0 aliphatic carbocycles. The Hall–Kier alpha value is -1.26. The maximum absolute atomic E-state index is 11.9. The van der Waals surface area contributed by atoms with Crippen molar-refractivity contribution >= 4 is 23.2 Å². The van der Waals surface area contributed by atoms with Crippen molar-refractivity contribution in [2.75, 3.05) is 31.8 Å². The summed E-state index contributed by atoms with van der Waals surface area (Å²) >= 11 is 5.82. The maximum atomic E-state index is 11.9. The van der Waals surface area contributed by atoms with Crippen LogP contribution >= 0.6 is 11.6 Å². The summed E-state index contributed by atoms with van der Waals surface area (Å²) in [6.07, 6.45) is 0.798. The molecule has 5 heteroatoms. The molecule has 0 atom stereocenters. The number of hydrogen-bond donors (Lipinski definition) is 0. The lowest BCUT2D eigenvalue weighted by atomic mass is 10.1. The van der Waals surface area contributed by atoms with E-state index in [0.717, 1.165) is 23.4 Å². The van der Waals surface area contributed by atoms with Gasteiger partial charge in [-0.25, -0.2) is 0 Å². The monoisotopic (exact) mass is 269 g/mol. The van der Waals surface area contributed by atoms with Crippen LogP contribution in [-0.4, -0.2) is 32.8 Å². The highest BCUT2D eigenvalue weighted by molar-refractivity contribution is 6.17. The van der Waals surface area contributed by atoms with Crippen LogP contribution in [0.5, 0.6) is 5.75 Å². The van der Waals surface area contributed by atoms with Gasteiger partial charge < -0.3 is 14.4 Å². The summed E-state index contributed by atoms with van der Waals surface area (Å²) < 4.78 is 10.4. The van der Waals surface area contributed by atoms with Gasteiger partial charge in [0.15, 0.2) is 6.61 Å². The van der Waals surface area contributed by atoms with Crippen molar-refractivity contribution in [1.29, 1.82) is 0 Å². The van der Waals surface area contributed by atoms with E-state index in [-0.39, 0.29) is 12.5 Å². The second kappa shape index (κ2) is 6.07. The molecule has 0 N–H and O–H groups in total. The zero-order valence-corrected chi connectivity index (χ0v) is 11.1. The Morgan fingerprint density at radius 2 is 2.33 bits per heavy atom. The van der Waals surface area contributed by atoms with Crippen molar-refractivity contribution in [2.45, 2.75) is 12.3 Å². The van der Waals surface area contributed by atoms with Gasteiger partial charge >= 0.3 is 0 Å². The van der Waals surface area contributed by atoms with Crippen LogP contribution in [0, 0.1) is 0 Å². The molecule has 2 rings (SSSR count). The van der Waals surface area contributed by atoms with Crippen molar-refractivity contribution < 1.29 is 14.3 Å². The number of halogens is 1. The molecule has 4 nitrogen and oxygen atoms in total.